The molecule has 0 saturated heterocycles. The van der Waals surface area contributed by atoms with Gasteiger partial charge in [0.1, 0.15) is 0 Å². The normalized spacial score (nSPS) is 11.4. The Balaban J connectivity index is 2.53. The molecule has 0 bridgehead atoms. The highest BCUT2D eigenvalue weighted by Gasteiger charge is 2.31. The second-order valence-corrected chi connectivity index (χ2v) is 4.52. The van der Waals surface area contributed by atoms with Crippen molar-refractivity contribution in [3.63, 3.8) is 0 Å². The molecule has 0 atom stereocenters. The molecule has 2 N–H and O–H groups in total. The zero-order chi connectivity index (χ0) is 14.9. The second-order valence-electron chi connectivity index (χ2n) is 4.11. The Morgan fingerprint density at radius 2 is 1.70 bits per heavy atom. The smallest absolute Gasteiger partial charge is 0.398 e. The van der Waals surface area contributed by atoms with Gasteiger partial charge in [0.15, 0.2) is 5.78 Å². The summed E-state index contributed by atoms with van der Waals surface area (Å²) in [5.41, 5.74) is 4.53. The number of alkyl halides is 3. The summed E-state index contributed by atoms with van der Waals surface area (Å²) < 4.78 is 38.0. The average molecular weight is 300 g/mol. The summed E-state index contributed by atoms with van der Waals surface area (Å²) in [4.78, 5) is 12.2. The van der Waals surface area contributed by atoms with Crippen molar-refractivity contribution in [2.75, 3.05) is 5.73 Å². The molecule has 0 radical (unpaired) electrons. The molecule has 0 amide bonds. The fourth-order valence-corrected chi connectivity index (χ4v) is 1.94. The zero-order valence-electron chi connectivity index (χ0n) is 10.0. The van der Waals surface area contributed by atoms with Crippen LogP contribution < -0.4 is 5.73 Å². The van der Waals surface area contributed by atoms with Crippen molar-refractivity contribution >= 4 is 23.1 Å². The van der Waals surface area contributed by atoms with E-state index in [1.165, 1.54) is 12.1 Å². The number of hydrogen-bond donors (Lipinski definition) is 1. The number of nitrogen functional groups attached to an aromatic ring is 1. The number of carbonyl (C=O) groups excluding carboxylic acids is 1. The Morgan fingerprint density at radius 3 is 2.30 bits per heavy atom. The van der Waals surface area contributed by atoms with E-state index in [0.29, 0.717) is 0 Å². The largest absolute Gasteiger partial charge is 0.416 e. The van der Waals surface area contributed by atoms with E-state index in [1.807, 2.05) is 0 Å². The Kier molecular flexibility index (Phi) is 3.72. The predicted octanol–water partition coefficient (Wildman–Crippen LogP) is 4.17. The highest BCUT2D eigenvalue weighted by molar-refractivity contribution is 6.35. The molecule has 104 valence electrons. The van der Waals surface area contributed by atoms with E-state index in [2.05, 4.69) is 0 Å². The van der Waals surface area contributed by atoms with Gasteiger partial charge in [-0.2, -0.15) is 13.2 Å². The van der Waals surface area contributed by atoms with Crippen molar-refractivity contribution in [3.8, 4) is 0 Å². The maximum atomic E-state index is 12.7. The monoisotopic (exact) mass is 299 g/mol. The minimum atomic E-state index is -4.54. The van der Waals surface area contributed by atoms with Crippen LogP contribution in [0, 0.1) is 0 Å². The summed E-state index contributed by atoms with van der Waals surface area (Å²) in [6, 6.07) is 8.74. The zero-order valence-corrected chi connectivity index (χ0v) is 10.8. The average Bonchev–Trinajstić information content (AvgIpc) is 2.37. The highest BCUT2D eigenvalue weighted by Crippen LogP contribution is 2.32. The molecule has 0 aromatic heterocycles. The van der Waals surface area contributed by atoms with Gasteiger partial charge in [0, 0.05) is 16.8 Å². The third-order valence-corrected chi connectivity index (χ3v) is 3.07. The van der Waals surface area contributed by atoms with Crippen molar-refractivity contribution in [1.82, 2.24) is 0 Å². The van der Waals surface area contributed by atoms with Crippen molar-refractivity contribution < 1.29 is 18.0 Å². The molecule has 0 aliphatic rings. The molecule has 2 aromatic carbocycles. The van der Waals surface area contributed by atoms with E-state index in [-0.39, 0.29) is 21.8 Å². The van der Waals surface area contributed by atoms with Crippen LogP contribution in [0.3, 0.4) is 0 Å². The van der Waals surface area contributed by atoms with Gasteiger partial charge in [-0.3, -0.25) is 4.79 Å². The quantitative estimate of drug-likeness (QED) is 0.668. The summed E-state index contributed by atoms with van der Waals surface area (Å²) in [5, 5.41) is 0.161. The molecule has 20 heavy (non-hydrogen) atoms. The molecule has 2 aromatic rings. The molecule has 0 spiro atoms. The fraction of sp³-hybridized carbons (Fsp3) is 0.0714. The van der Waals surface area contributed by atoms with E-state index in [9.17, 15) is 18.0 Å². The highest BCUT2D eigenvalue weighted by atomic mass is 35.5. The summed E-state index contributed by atoms with van der Waals surface area (Å²) >= 11 is 5.87. The second kappa shape index (κ2) is 5.17. The topological polar surface area (TPSA) is 43.1 Å². The van der Waals surface area contributed by atoms with Gasteiger partial charge < -0.3 is 5.73 Å². The van der Waals surface area contributed by atoms with Gasteiger partial charge >= 0.3 is 6.18 Å². The van der Waals surface area contributed by atoms with Gasteiger partial charge in [-0.15, -0.1) is 0 Å². The van der Waals surface area contributed by atoms with Crippen LogP contribution in [-0.2, 0) is 6.18 Å². The number of halogens is 4. The van der Waals surface area contributed by atoms with Crippen LogP contribution >= 0.6 is 11.6 Å². The summed E-state index contributed by atoms with van der Waals surface area (Å²) in [5.74, 6) is -0.640. The molecule has 0 saturated carbocycles. The number of benzene rings is 2. The lowest BCUT2D eigenvalue weighted by molar-refractivity contribution is -0.137. The van der Waals surface area contributed by atoms with Gasteiger partial charge in [-0.25, -0.2) is 0 Å². The lowest BCUT2D eigenvalue weighted by Gasteiger charge is -2.11. The Bertz CT molecular complexity index is 668. The Hall–Kier alpha value is -2.01. The summed E-state index contributed by atoms with van der Waals surface area (Å²) in [6.45, 7) is 0. The SMILES string of the molecule is Nc1ccc(C(F)(F)F)cc1C(=O)c1ccccc1Cl. The van der Waals surface area contributed by atoms with E-state index < -0.39 is 17.5 Å². The molecule has 6 heteroatoms. The third kappa shape index (κ3) is 2.77. The first kappa shape index (κ1) is 14.4. The van der Waals surface area contributed by atoms with E-state index in [0.717, 1.165) is 18.2 Å². The molecule has 2 rings (SSSR count). The van der Waals surface area contributed by atoms with Crippen LogP contribution in [0.15, 0.2) is 42.5 Å². The van der Waals surface area contributed by atoms with Crippen LogP contribution in [0.1, 0.15) is 21.5 Å². The Labute approximate surface area is 118 Å². The van der Waals surface area contributed by atoms with Crippen molar-refractivity contribution in [1.29, 1.82) is 0 Å². The van der Waals surface area contributed by atoms with Crippen molar-refractivity contribution in [2.24, 2.45) is 0 Å². The van der Waals surface area contributed by atoms with Gasteiger partial charge in [0.05, 0.1) is 10.6 Å². The Morgan fingerprint density at radius 1 is 1.05 bits per heavy atom. The number of hydrogen-bond acceptors (Lipinski definition) is 2. The maximum Gasteiger partial charge on any atom is 0.416 e. The molecular weight excluding hydrogens is 291 g/mol. The van der Waals surface area contributed by atoms with Crippen LogP contribution in [-0.4, -0.2) is 5.78 Å². The van der Waals surface area contributed by atoms with E-state index in [4.69, 9.17) is 17.3 Å². The third-order valence-electron chi connectivity index (χ3n) is 2.74. The minimum Gasteiger partial charge on any atom is -0.398 e. The molecular formula is C14H9ClF3NO. The van der Waals surface area contributed by atoms with Gasteiger partial charge in [0.25, 0.3) is 0 Å². The van der Waals surface area contributed by atoms with Crippen LogP contribution in [0.25, 0.3) is 0 Å². The number of carbonyl (C=O) groups is 1. The van der Waals surface area contributed by atoms with E-state index >= 15 is 0 Å². The lowest BCUT2D eigenvalue weighted by Crippen LogP contribution is -2.11. The number of anilines is 1. The molecule has 0 aliphatic heterocycles. The van der Waals surface area contributed by atoms with Crippen LogP contribution in [0.2, 0.25) is 5.02 Å². The van der Waals surface area contributed by atoms with Crippen LogP contribution in [0.4, 0.5) is 18.9 Å². The van der Waals surface area contributed by atoms with Crippen molar-refractivity contribution in [3.05, 3.63) is 64.2 Å². The van der Waals surface area contributed by atoms with Gasteiger partial charge in [-0.05, 0) is 30.3 Å². The number of ketones is 1. The molecule has 0 fully saturated rings. The molecule has 0 aliphatic carbocycles. The molecule has 0 unspecified atom stereocenters. The number of nitrogens with two attached hydrogens (primary N) is 1. The van der Waals surface area contributed by atoms with Crippen molar-refractivity contribution in [2.45, 2.75) is 6.18 Å². The maximum absolute atomic E-state index is 12.7. The summed E-state index contributed by atoms with van der Waals surface area (Å²) in [7, 11) is 0. The first-order chi connectivity index (χ1) is 9.30. The predicted molar refractivity (Wildman–Crippen MR) is 70.7 cm³/mol. The first-order valence-electron chi connectivity index (χ1n) is 5.56. The summed E-state index contributed by atoms with van der Waals surface area (Å²) in [6.07, 6.45) is -4.54. The van der Waals surface area contributed by atoms with Crippen LogP contribution in [0.5, 0.6) is 0 Å². The van der Waals surface area contributed by atoms with E-state index in [1.54, 1.807) is 12.1 Å². The number of rotatable bonds is 2. The van der Waals surface area contributed by atoms with Gasteiger partial charge in [-0.1, -0.05) is 23.7 Å². The lowest BCUT2D eigenvalue weighted by atomic mass is 9.99. The standard InChI is InChI=1S/C14H9ClF3NO/c15-11-4-2-1-3-9(11)13(20)10-7-8(14(16,17)18)5-6-12(10)19/h1-7H,19H2. The molecule has 2 nitrogen and oxygen atoms in total. The minimum absolute atomic E-state index is 0.0251. The van der Waals surface area contributed by atoms with Gasteiger partial charge in [0.2, 0.25) is 0 Å². The molecule has 0 heterocycles. The first-order valence-corrected chi connectivity index (χ1v) is 5.94. The fourth-order valence-electron chi connectivity index (χ4n) is 1.72.